The van der Waals surface area contributed by atoms with Crippen molar-refractivity contribution >= 4 is 19.9 Å². The average Bonchev–Trinajstić information content (AvgIpc) is 3.37. The summed E-state index contributed by atoms with van der Waals surface area (Å²) >= 11 is 0. The lowest BCUT2D eigenvalue weighted by Gasteiger charge is -2.39. The van der Waals surface area contributed by atoms with E-state index in [0.29, 0.717) is 29.3 Å². The van der Waals surface area contributed by atoms with Crippen molar-refractivity contribution in [1.82, 2.24) is 9.97 Å². The molecule has 1 N–H and O–H groups in total. The van der Waals surface area contributed by atoms with Crippen molar-refractivity contribution in [3.63, 3.8) is 0 Å². The molecule has 1 fully saturated rings. The fourth-order valence-electron chi connectivity index (χ4n) is 4.49. The molecule has 7 heteroatoms. The molecule has 0 bridgehead atoms. The second-order valence-electron chi connectivity index (χ2n) is 11.4. The van der Waals surface area contributed by atoms with Gasteiger partial charge in [-0.05, 0) is 61.4 Å². The summed E-state index contributed by atoms with van der Waals surface area (Å²) in [5, 5.41) is 3.56. The minimum Gasteiger partial charge on any atom is -0.460 e. The van der Waals surface area contributed by atoms with Crippen LogP contribution in [0.4, 0.5) is 5.82 Å². The smallest absolute Gasteiger partial charge is 0.233 e. The van der Waals surface area contributed by atoms with E-state index in [4.69, 9.17) is 8.84 Å². The van der Waals surface area contributed by atoms with Crippen molar-refractivity contribution in [2.45, 2.75) is 91.1 Å². The Morgan fingerprint density at radius 1 is 1.35 bits per heavy atom. The van der Waals surface area contributed by atoms with Crippen molar-refractivity contribution in [2.75, 3.05) is 5.32 Å². The Morgan fingerprint density at radius 3 is 2.65 bits per heavy atom. The number of ketones is 1. The Bertz CT molecular complexity index is 1020. The number of furan rings is 1. The molecule has 2 heterocycles. The van der Waals surface area contributed by atoms with Crippen LogP contribution in [0.15, 0.2) is 41.4 Å². The van der Waals surface area contributed by atoms with Gasteiger partial charge in [0.15, 0.2) is 14.1 Å². The second-order valence-corrected chi connectivity index (χ2v) is 16.2. The lowest BCUT2D eigenvalue weighted by molar-refractivity contribution is 0.101. The third-order valence-corrected chi connectivity index (χ3v) is 12.1. The van der Waals surface area contributed by atoms with Gasteiger partial charge >= 0.3 is 0 Å². The van der Waals surface area contributed by atoms with Crippen molar-refractivity contribution in [3.05, 3.63) is 53.9 Å². The number of carbonyl (C=O) groups excluding carboxylic acids is 1. The fraction of sp³-hybridized carbons (Fsp3) is 0.593. The molecule has 3 rings (SSSR count). The van der Waals surface area contributed by atoms with Crippen LogP contribution in [0.1, 0.15) is 88.6 Å². The Labute approximate surface area is 205 Å². The molecule has 0 aliphatic heterocycles. The van der Waals surface area contributed by atoms with Crippen LogP contribution in [-0.4, -0.2) is 30.1 Å². The summed E-state index contributed by atoms with van der Waals surface area (Å²) in [7, 11) is -2.06. The number of hydrogen-bond acceptors (Lipinski definition) is 6. The van der Waals surface area contributed by atoms with E-state index in [1.54, 1.807) is 18.5 Å². The number of carbonyl (C=O) groups is 1. The van der Waals surface area contributed by atoms with Crippen LogP contribution in [-0.2, 0) is 4.43 Å². The van der Waals surface area contributed by atoms with E-state index in [1.807, 2.05) is 6.92 Å². The van der Waals surface area contributed by atoms with E-state index in [-0.39, 0.29) is 22.7 Å². The zero-order valence-electron chi connectivity index (χ0n) is 22.1. The predicted octanol–water partition coefficient (Wildman–Crippen LogP) is 7.18. The van der Waals surface area contributed by atoms with Crippen molar-refractivity contribution in [3.8, 4) is 0 Å². The quantitative estimate of drug-likeness (QED) is 0.231. The van der Waals surface area contributed by atoms with Gasteiger partial charge in [0.1, 0.15) is 12.1 Å². The minimum absolute atomic E-state index is 0.0551. The Hall–Kier alpha value is -2.25. The average molecular weight is 484 g/mol. The zero-order valence-corrected chi connectivity index (χ0v) is 23.1. The fourth-order valence-corrected chi connectivity index (χ4v) is 5.77. The first kappa shape index (κ1) is 26.4. The topological polar surface area (TPSA) is 77.2 Å². The number of aromatic nitrogens is 2. The largest absolute Gasteiger partial charge is 0.460 e. The van der Waals surface area contributed by atoms with Crippen LogP contribution in [0.3, 0.4) is 0 Å². The van der Waals surface area contributed by atoms with Gasteiger partial charge in [0.2, 0.25) is 5.78 Å². The first-order valence-electron chi connectivity index (χ1n) is 12.4. The molecule has 2 aromatic rings. The molecule has 2 aromatic heterocycles. The SMILES string of the molecule is C=C(C)C(O[Si](C)(C)C(C)(C)C)c1coc(C(=O)c2cncnc2N[C@@H]2C[C@H](CC)[C@@H](C)C2)c1. The highest BCUT2D eigenvalue weighted by Gasteiger charge is 2.40. The third-order valence-electron chi connectivity index (χ3n) is 7.68. The minimum atomic E-state index is -2.06. The van der Waals surface area contributed by atoms with E-state index < -0.39 is 8.32 Å². The lowest BCUT2D eigenvalue weighted by atomic mass is 9.96. The highest BCUT2D eigenvalue weighted by Crippen LogP contribution is 2.42. The van der Waals surface area contributed by atoms with E-state index in [2.05, 4.69) is 69.6 Å². The second kappa shape index (κ2) is 10.2. The molecule has 0 spiro atoms. The molecule has 0 aromatic carbocycles. The molecule has 186 valence electrons. The number of anilines is 1. The van der Waals surface area contributed by atoms with Crippen LogP contribution in [0.2, 0.25) is 18.1 Å². The maximum absolute atomic E-state index is 13.4. The van der Waals surface area contributed by atoms with Crippen LogP contribution in [0.5, 0.6) is 0 Å². The standard InChI is InChI=1S/C27H41N3O3Si/c1-10-19-12-21(11-18(19)4)30-26-22(14-28-16-29-26)24(31)23-13-20(15-32-23)25(17(2)3)33-34(8,9)27(5,6)7/h13-16,18-19,21,25H,2,10-12H2,1,3-9H3,(H,28,29,30)/t18-,19-,21-,25?/m0/s1. The summed E-state index contributed by atoms with van der Waals surface area (Å²) in [6, 6.07) is 2.08. The van der Waals surface area contributed by atoms with Gasteiger partial charge in [-0.3, -0.25) is 4.79 Å². The Morgan fingerprint density at radius 2 is 2.06 bits per heavy atom. The van der Waals surface area contributed by atoms with Gasteiger partial charge in [-0.2, -0.15) is 0 Å². The molecule has 34 heavy (non-hydrogen) atoms. The van der Waals surface area contributed by atoms with Crippen molar-refractivity contribution in [2.24, 2.45) is 11.8 Å². The normalized spacial score (nSPS) is 21.9. The van der Waals surface area contributed by atoms with E-state index in [1.165, 1.54) is 12.7 Å². The summed E-state index contributed by atoms with van der Waals surface area (Å²) in [4.78, 5) is 21.9. The number of nitrogens with one attached hydrogen (secondary N) is 1. The van der Waals surface area contributed by atoms with E-state index in [9.17, 15) is 4.79 Å². The third kappa shape index (κ3) is 5.69. The number of nitrogens with zero attached hydrogens (tertiary/aromatic N) is 2. The predicted molar refractivity (Wildman–Crippen MR) is 140 cm³/mol. The van der Waals surface area contributed by atoms with Crippen molar-refractivity contribution in [1.29, 1.82) is 0 Å². The summed E-state index contributed by atoms with van der Waals surface area (Å²) in [5.41, 5.74) is 2.12. The molecule has 0 amide bonds. The van der Waals surface area contributed by atoms with Gasteiger partial charge < -0.3 is 14.2 Å². The van der Waals surface area contributed by atoms with Crippen LogP contribution in [0.25, 0.3) is 0 Å². The van der Waals surface area contributed by atoms with Crippen LogP contribution < -0.4 is 5.32 Å². The summed E-state index contributed by atoms with van der Waals surface area (Å²) < 4.78 is 12.4. The highest BCUT2D eigenvalue weighted by atomic mass is 28.4. The molecule has 1 unspecified atom stereocenters. The molecule has 4 atom stereocenters. The van der Waals surface area contributed by atoms with Gasteiger partial charge in [-0.15, -0.1) is 0 Å². The maximum Gasteiger partial charge on any atom is 0.233 e. The lowest BCUT2D eigenvalue weighted by Crippen LogP contribution is -2.42. The molecule has 1 aliphatic rings. The number of hydrogen-bond donors (Lipinski definition) is 1. The van der Waals surface area contributed by atoms with E-state index in [0.717, 1.165) is 24.0 Å². The molecule has 0 saturated heterocycles. The first-order valence-corrected chi connectivity index (χ1v) is 15.3. The molecule has 1 aliphatic carbocycles. The van der Waals surface area contributed by atoms with Crippen LogP contribution in [0, 0.1) is 11.8 Å². The van der Waals surface area contributed by atoms with Gasteiger partial charge in [-0.1, -0.05) is 47.6 Å². The van der Waals surface area contributed by atoms with Crippen molar-refractivity contribution < 1.29 is 13.6 Å². The highest BCUT2D eigenvalue weighted by molar-refractivity contribution is 6.74. The number of rotatable bonds is 9. The Kier molecular flexibility index (Phi) is 7.88. The summed E-state index contributed by atoms with van der Waals surface area (Å²) in [6.45, 7) is 21.7. The summed E-state index contributed by atoms with van der Waals surface area (Å²) in [5.74, 6) is 1.95. The van der Waals surface area contributed by atoms with Crippen LogP contribution >= 0.6 is 0 Å². The molecule has 0 radical (unpaired) electrons. The van der Waals surface area contributed by atoms with Gasteiger partial charge in [0.05, 0.1) is 17.9 Å². The maximum atomic E-state index is 13.4. The summed E-state index contributed by atoms with van der Waals surface area (Å²) in [6.07, 6.45) is 7.68. The molecular formula is C27H41N3O3Si. The molecule has 6 nitrogen and oxygen atoms in total. The van der Waals surface area contributed by atoms with Gasteiger partial charge in [0.25, 0.3) is 0 Å². The monoisotopic (exact) mass is 483 g/mol. The van der Waals surface area contributed by atoms with Gasteiger partial charge in [0, 0.05) is 17.8 Å². The zero-order chi connectivity index (χ0) is 25.3. The first-order chi connectivity index (χ1) is 15.8. The van der Waals surface area contributed by atoms with E-state index >= 15 is 0 Å². The van der Waals surface area contributed by atoms with Gasteiger partial charge in [-0.25, -0.2) is 9.97 Å². The molecular weight excluding hydrogens is 442 g/mol. The molecule has 1 saturated carbocycles. The Balaban J connectivity index is 1.82.